The second kappa shape index (κ2) is 9.48. The van der Waals surface area contributed by atoms with Gasteiger partial charge in [0.25, 0.3) is 11.8 Å². The number of morpholine rings is 1. The number of nitrogens with one attached hydrogen (secondary N) is 2. The van der Waals surface area contributed by atoms with Gasteiger partial charge >= 0.3 is 0 Å². The lowest BCUT2D eigenvalue weighted by molar-refractivity contribution is 0.0383. The highest BCUT2D eigenvalue weighted by molar-refractivity contribution is 6.06. The van der Waals surface area contributed by atoms with Gasteiger partial charge in [-0.05, 0) is 49.2 Å². The molecule has 0 aromatic heterocycles. The molecular formula is C22H27N3O3. The van der Waals surface area contributed by atoms with Gasteiger partial charge < -0.3 is 15.4 Å². The van der Waals surface area contributed by atoms with E-state index in [9.17, 15) is 9.59 Å². The van der Waals surface area contributed by atoms with E-state index in [4.69, 9.17) is 4.74 Å². The van der Waals surface area contributed by atoms with E-state index in [0.717, 1.165) is 49.7 Å². The zero-order valence-corrected chi connectivity index (χ0v) is 16.5. The third kappa shape index (κ3) is 5.18. The Morgan fingerprint density at radius 2 is 1.68 bits per heavy atom. The molecule has 1 aliphatic heterocycles. The lowest BCUT2D eigenvalue weighted by Gasteiger charge is -2.26. The molecule has 2 aromatic rings. The predicted octanol–water partition coefficient (Wildman–Crippen LogP) is 2.62. The Kier molecular flexibility index (Phi) is 6.79. The van der Waals surface area contributed by atoms with E-state index >= 15 is 0 Å². The van der Waals surface area contributed by atoms with Gasteiger partial charge in [0.1, 0.15) is 0 Å². The third-order valence-electron chi connectivity index (χ3n) is 5.06. The SMILES string of the molecule is Cc1cccc(NC(=O)c2cccc(C(=O)NCCN3CCOCC3)c2)c1C. The molecule has 1 fully saturated rings. The number of rotatable bonds is 6. The molecule has 6 heteroatoms. The van der Waals surface area contributed by atoms with Crippen molar-refractivity contribution in [2.45, 2.75) is 13.8 Å². The number of carbonyl (C=O) groups excluding carboxylic acids is 2. The zero-order valence-electron chi connectivity index (χ0n) is 16.5. The van der Waals surface area contributed by atoms with Crippen molar-refractivity contribution in [2.24, 2.45) is 0 Å². The maximum atomic E-state index is 12.6. The average Bonchev–Trinajstić information content (AvgIpc) is 2.72. The Balaban J connectivity index is 1.58. The molecular weight excluding hydrogens is 354 g/mol. The molecule has 1 heterocycles. The standard InChI is InChI=1S/C22H27N3O3/c1-16-5-3-8-20(17(16)2)24-22(27)19-7-4-6-18(15-19)21(26)23-9-10-25-11-13-28-14-12-25/h3-8,15H,9-14H2,1-2H3,(H,23,26)(H,24,27). The molecule has 1 saturated heterocycles. The third-order valence-corrected chi connectivity index (χ3v) is 5.06. The maximum Gasteiger partial charge on any atom is 0.255 e. The molecule has 0 unspecified atom stereocenters. The van der Waals surface area contributed by atoms with Crippen LogP contribution in [0.1, 0.15) is 31.8 Å². The van der Waals surface area contributed by atoms with Crippen molar-refractivity contribution < 1.29 is 14.3 Å². The van der Waals surface area contributed by atoms with Crippen LogP contribution < -0.4 is 10.6 Å². The van der Waals surface area contributed by atoms with Gasteiger partial charge in [0.05, 0.1) is 13.2 Å². The van der Waals surface area contributed by atoms with Crippen molar-refractivity contribution in [3.8, 4) is 0 Å². The number of benzene rings is 2. The summed E-state index contributed by atoms with van der Waals surface area (Å²) in [6.45, 7) is 8.61. The van der Waals surface area contributed by atoms with Crippen molar-refractivity contribution in [3.63, 3.8) is 0 Å². The maximum absolute atomic E-state index is 12.6. The summed E-state index contributed by atoms with van der Waals surface area (Å²) in [7, 11) is 0. The molecule has 2 amide bonds. The van der Waals surface area contributed by atoms with Crippen LogP contribution in [0, 0.1) is 13.8 Å². The van der Waals surface area contributed by atoms with Crippen LogP contribution in [-0.4, -0.2) is 56.1 Å². The van der Waals surface area contributed by atoms with Gasteiger partial charge in [-0.15, -0.1) is 0 Å². The van der Waals surface area contributed by atoms with E-state index in [-0.39, 0.29) is 11.8 Å². The van der Waals surface area contributed by atoms with Gasteiger partial charge in [-0.25, -0.2) is 0 Å². The summed E-state index contributed by atoms with van der Waals surface area (Å²) < 4.78 is 5.32. The molecule has 2 N–H and O–H groups in total. The first-order valence-corrected chi connectivity index (χ1v) is 9.60. The fraction of sp³-hybridized carbons (Fsp3) is 0.364. The Hall–Kier alpha value is -2.70. The highest BCUT2D eigenvalue weighted by Crippen LogP contribution is 2.19. The van der Waals surface area contributed by atoms with Gasteiger partial charge in [0.2, 0.25) is 0 Å². The van der Waals surface area contributed by atoms with Crippen molar-refractivity contribution in [1.82, 2.24) is 10.2 Å². The van der Waals surface area contributed by atoms with Crippen LogP contribution in [0.5, 0.6) is 0 Å². The summed E-state index contributed by atoms with van der Waals surface area (Å²) in [5, 5.41) is 5.86. The quantitative estimate of drug-likeness (QED) is 0.807. The van der Waals surface area contributed by atoms with Gasteiger partial charge in [0, 0.05) is 43.0 Å². The van der Waals surface area contributed by atoms with Crippen LogP contribution in [0.25, 0.3) is 0 Å². The zero-order chi connectivity index (χ0) is 19.9. The lowest BCUT2D eigenvalue weighted by atomic mass is 10.1. The van der Waals surface area contributed by atoms with E-state index in [1.54, 1.807) is 24.3 Å². The molecule has 0 radical (unpaired) electrons. The first-order valence-electron chi connectivity index (χ1n) is 9.60. The number of nitrogens with zero attached hydrogens (tertiary/aromatic N) is 1. The number of anilines is 1. The highest BCUT2D eigenvalue weighted by Gasteiger charge is 2.13. The first-order chi connectivity index (χ1) is 13.5. The van der Waals surface area contributed by atoms with Crippen LogP contribution in [0.15, 0.2) is 42.5 Å². The van der Waals surface area contributed by atoms with E-state index in [0.29, 0.717) is 17.7 Å². The number of aryl methyl sites for hydroxylation is 1. The molecule has 6 nitrogen and oxygen atoms in total. The van der Waals surface area contributed by atoms with Crippen molar-refractivity contribution in [3.05, 3.63) is 64.7 Å². The Morgan fingerprint density at radius 1 is 1.00 bits per heavy atom. The number of amides is 2. The van der Waals surface area contributed by atoms with Crippen LogP contribution >= 0.6 is 0 Å². The molecule has 0 saturated carbocycles. The molecule has 2 aromatic carbocycles. The normalized spacial score (nSPS) is 14.5. The van der Waals surface area contributed by atoms with Crippen LogP contribution in [-0.2, 0) is 4.74 Å². The minimum atomic E-state index is -0.225. The van der Waals surface area contributed by atoms with Gasteiger partial charge in [0.15, 0.2) is 0 Å². The number of carbonyl (C=O) groups is 2. The van der Waals surface area contributed by atoms with E-state index in [2.05, 4.69) is 15.5 Å². The fourth-order valence-electron chi connectivity index (χ4n) is 3.14. The minimum absolute atomic E-state index is 0.172. The number of hydrogen-bond acceptors (Lipinski definition) is 4. The molecule has 148 valence electrons. The smallest absolute Gasteiger partial charge is 0.255 e. The highest BCUT2D eigenvalue weighted by atomic mass is 16.5. The molecule has 0 atom stereocenters. The first kappa shape index (κ1) is 20.0. The molecule has 1 aliphatic rings. The van der Waals surface area contributed by atoms with E-state index in [1.165, 1.54) is 0 Å². The van der Waals surface area contributed by atoms with E-state index < -0.39 is 0 Å². The second-order valence-electron chi connectivity index (χ2n) is 6.99. The molecule has 0 aliphatic carbocycles. The summed E-state index contributed by atoms with van der Waals surface area (Å²) in [4.78, 5) is 27.3. The monoisotopic (exact) mass is 381 g/mol. The average molecular weight is 381 g/mol. The van der Waals surface area contributed by atoms with Gasteiger partial charge in [-0.2, -0.15) is 0 Å². The largest absolute Gasteiger partial charge is 0.379 e. The predicted molar refractivity (Wildman–Crippen MR) is 110 cm³/mol. The molecule has 28 heavy (non-hydrogen) atoms. The molecule has 0 spiro atoms. The fourth-order valence-corrected chi connectivity index (χ4v) is 3.14. The van der Waals surface area contributed by atoms with Crippen molar-refractivity contribution >= 4 is 17.5 Å². The summed E-state index contributed by atoms with van der Waals surface area (Å²) >= 11 is 0. The number of ether oxygens (including phenoxy) is 1. The summed E-state index contributed by atoms with van der Waals surface area (Å²) in [5.74, 6) is -0.397. The summed E-state index contributed by atoms with van der Waals surface area (Å²) in [6, 6.07) is 12.6. The summed E-state index contributed by atoms with van der Waals surface area (Å²) in [5.41, 5.74) is 3.88. The van der Waals surface area contributed by atoms with Crippen LogP contribution in [0.2, 0.25) is 0 Å². The lowest BCUT2D eigenvalue weighted by Crippen LogP contribution is -2.41. The molecule has 3 rings (SSSR count). The summed E-state index contributed by atoms with van der Waals surface area (Å²) in [6.07, 6.45) is 0. The van der Waals surface area contributed by atoms with Gasteiger partial charge in [-0.1, -0.05) is 18.2 Å². The van der Waals surface area contributed by atoms with Crippen LogP contribution in [0.4, 0.5) is 5.69 Å². The Labute approximate surface area is 165 Å². The van der Waals surface area contributed by atoms with Crippen LogP contribution in [0.3, 0.4) is 0 Å². The van der Waals surface area contributed by atoms with E-state index in [1.807, 2.05) is 32.0 Å². The molecule has 0 bridgehead atoms. The van der Waals surface area contributed by atoms with Gasteiger partial charge in [-0.3, -0.25) is 14.5 Å². The second-order valence-corrected chi connectivity index (χ2v) is 6.99. The minimum Gasteiger partial charge on any atom is -0.379 e. The van der Waals surface area contributed by atoms with Crippen molar-refractivity contribution in [1.29, 1.82) is 0 Å². The number of hydrogen-bond donors (Lipinski definition) is 2. The van der Waals surface area contributed by atoms with Crippen molar-refractivity contribution in [2.75, 3.05) is 44.7 Å². The Morgan fingerprint density at radius 3 is 2.43 bits per heavy atom. The Bertz CT molecular complexity index is 845. The topological polar surface area (TPSA) is 70.7 Å².